The van der Waals surface area contributed by atoms with E-state index in [-0.39, 0.29) is 4.99 Å². The lowest BCUT2D eigenvalue weighted by Crippen LogP contribution is -2.42. The predicted molar refractivity (Wildman–Crippen MR) is 69.8 cm³/mol. The van der Waals surface area contributed by atoms with Crippen LogP contribution in [0.3, 0.4) is 0 Å². The van der Waals surface area contributed by atoms with Crippen molar-refractivity contribution in [3.63, 3.8) is 0 Å². The van der Waals surface area contributed by atoms with E-state index in [1.807, 2.05) is 0 Å². The Morgan fingerprint density at radius 2 is 2.25 bits per heavy atom. The van der Waals surface area contributed by atoms with Gasteiger partial charge in [-0.2, -0.15) is 0 Å². The second-order valence-electron chi connectivity index (χ2n) is 4.39. The average Bonchev–Trinajstić information content (AvgIpc) is 2.66. The summed E-state index contributed by atoms with van der Waals surface area (Å²) in [5.41, 5.74) is 5.41. The zero-order chi connectivity index (χ0) is 12.3. The molecule has 2 atom stereocenters. The molecule has 0 radical (unpaired) electrons. The summed E-state index contributed by atoms with van der Waals surface area (Å²) in [6, 6.07) is 0. The Bertz CT molecular complexity index is 354. The molecule has 4 nitrogen and oxygen atoms in total. The van der Waals surface area contributed by atoms with Gasteiger partial charge in [0, 0.05) is 13.1 Å². The molecule has 0 saturated carbocycles. The predicted octanol–water partition coefficient (Wildman–Crippen LogP) is 1.11. The molecule has 1 rings (SSSR count). The number of rotatable bonds is 5. The molecular weight excluding hydrogens is 244 g/mol. The normalized spacial score (nSPS) is 24.5. The standard InChI is InChI=1S/C10H20N2O2S2/c1-3-4-9-5-6-12(7-9)16(13,14)8(2)10(11)15/h8-9H,3-7H2,1-2H3,(H2,11,15). The second kappa shape index (κ2) is 5.42. The summed E-state index contributed by atoms with van der Waals surface area (Å²) in [5.74, 6) is 0.498. The van der Waals surface area contributed by atoms with Crippen molar-refractivity contribution in [3.8, 4) is 0 Å². The van der Waals surface area contributed by atoms with Crippen LogP contribution in [-0.4, -0.2) is 36.1 Å². The van der Waals surface area contributed by atoms with Gasteiger partial charge in [-0.3, -0.25) is 0 Å². The van der Waals surface area contributed by atoms with Crippen LogP contribution in [0.15, 0.2) is 0 Å². The van der Waals surface area contributed by atoms with Crippen molar-refractivity contribution in [1.82, 2.24) is 4.31 Å². The van der Waals surface area contributed by atoms with E-state index in [4.69, 9.17) is 18.0 Å². The van der Waals surface area contributed by atoms with Gasteiger partial charge in [0.25, 0.3) is 0 Å². The van der Waals surface area contributed by atoms with Gasteiger partial charge in [-0.1, -0.05) is 25.6 Å². The lowest BCUT2D eigenvalue weighted by atomic mass is 10.0. The van der Waals surface area contributed by atoms with E-state index >= 15 is 0 Å². The Morgan fingerprint density at radius 1 is 1.62 bits per heavy atom. The summed E-state index contributed by atoms with van der Waals surface area (Å²) in [5, 5.41) is -0.747. The molecule has 0 amide bonds. The summed E-state index contributed by atoms with van der Waals surface area (Å²) in [7, 11) is -3.32. The monoisotopic (exact) mass is 264 g/mol. The van der Waals surface area contributed by atoms with Crippen molar-refractivity contribution in [2.75, 3.05) is 13.1 Å². The van der Waals surface area contributed by atoms with Crippen molar-refractivity contribution in [2.24, 2.45) is 11.7 Å². The lowest BCUT2D eigenvalue weighted by Gasteiger charge is -2.20. The van der Waals surface area contributed by atoms with Crippen molar-refractivity contribution in [2.45, 2.75) is 38.4 Å². The Morgan fingerprint density at radius 3 is 2.75 bits per heavy atom. The van der Waals surface area contributed by atoms with Crippen LogP contribution < -0.4 is 5.73 Å². The number of nitrogens with zero attached hydrogens (tertiary/aromatic N) is 1. The van der Waals surface area contributed by atoms with Gasteiger partial charge in [0.15, 0.2) is 0 Å². The molecule has 6 heteroatoms. The van der Waals surface area contributed by atoms with Gasteiger partial charge >= 0.3 is 0 Å². The molecule has 0 aromatic carbocycles. The molecule has 0 aromatic rings. The van der Waals surface area contributed by atoms with Crippen LogP contribution in [0.5, 0.6) is 0 Å². The molecule has 1 saturated heterocycles. The highest BCUT2D eigenvalue weighted by atomic mass is 32.2. The molecule has 16 heavy (non-hydrogen) atoms. The lowest BCUT2D eigenvalue weighted by molar-refractivity contribution is 0.443. The number of sulfonamides is 1. The van der Waals surface area contributed by atoms with Crippen molar-refractivity contribution < 1.29 is 8.42 Å². The quantitative estimate of drug-likeness (QED) is 0.756. The number of thiocarbonyl (C=S) groups is 1. The van der Waals surface area contributed by atoms with Crippen LogP contribution in [-0.2, 0) is 10.0 Å². The molecule has 0 spiro atoms. The number of hydrogen-bond acceptors (Lipinski definition) is 3. The largest absolute Gasteiger partial charge is 0.392 e. The maximum atomic E-state index is 12.1. The van der Waals surface area contributed by atoms with Crippen LogP contribution in [0.25, 0.3) is 0 Å². The Labute approximate surface area is 103 Å². The first kappa shape index (κ1) is 13.9. The molecule has 1 aliphatic heterocycles. The highest BCUT2D eigenvalue weighted by Gasteiger charge is 2.35. The molecule has 2 unspecified atom stereocenters. The van der Waals surface area contributed by atoms with Gasteiger partial charge in [-0.05, 0) is 25.7 Å². The molecule has 0 aliphatic carbocycles. The highest BCUT2D eigenvalue weighted by molar-refractivity contribution is 7.92. The topological polar surface area (TPSA) is 63.4 Å². The van der Waals surface area contributed by atoms with E-state index in [0.29, 0.717) is 19.0 Å². The number of hydrogen-bond donors (Lipinski definition) is 1. The first-order valence-electron chi connectivity index (χ1n) is 5.67. The first-order valence-corrected chi connectivity index (χ1v) is 7.59. The second-order valence-corrected chi connectivity index (χ2v) is 7.12. The SMILES string of the molecule is CCCC1CCN(S(=O)(=O)C(C)C(N)=S)C1. The van der Waals surface area contributed by atoms with Crippen molar-refractivity contribution in [3.05, 3.63) is 0 Å². The molecule has 94 valence electrons. The summed E-state index contributed by atoms with van der Waals surface area (Å²) in [4.78, 5) is 0.0546. The first-order chi connectivity index (χ1) is 7.39. The van der Waals surface area contributed by atoms with E-state index in [2.05, 4.69) is 6.92 Å². The smallest absolute Gasteiger partial charge is 0.223 e. The molecular formula is C10H20N2O2S2. The van der Waals surface area contributed by atoms with Gasteiger partial charge < -0.3 is 5.73 Å². The highest BCUT2D eigenvalue weighted by Crippen LogP contribution is 2.25. The molecule has 1 heterocycles. The zero-order valence-corrected chi connectivity index (χ0v) is 11.5. The maximum Gasteiger partial charge on any atom is 0.223 e. The molecule has 0 bridgehead atoms. The fraction of sp³-hybridized carbons (Fsp3) is 0.900. The van der Waals surface area contributed by atoms with Crippen molar-refractivity contribution >= 4 is 27.2 Å². The third-order valence-corrected chi connectivity index (χ3v) is 5.85. The van der Waals surface area contributed by atoms with Crippen LogP contribution in [0.2, 0.25) is 0 Å². The van der Waals surface area contributed by atoms with Gasteiger partial charge in [-0.25, -0.2) is 12.7 Å². The summed E-state index contributed by atoms with van der Waals surface area (Å²) < 4.78 is 25.7. The Kier molecular flexibility index (Phi) is 4.70. The minimum atomic E-state index is -3.32. The van der Waals surface area contributed by atoms with Gasteiger partial charge in [0.05, 0.1) is 4.99 Å². The summed E-state index contributed by atoms with van der Waals surface area (Å²) in [6.45, 7) is 4.92. The minimum absolute atomic E-state index is 0.0546. The third-order valence-electron chi connectivity index (χ3n) is 3.15. The van der Waals surface area contributed by atoms with Crippen LogP contribution in [0.4, 0.5) is 0 Å². The Hall–Kier alpha value is -0.200. The fourth-order valence-corrected chi connectivity index (χ4v) is 3.93. The number of nitrogens with two attached hydrogens (primary N) is 1. The minimum Gasteiger partial charge on any atom is -0.392 e. The molecule has 2 N–H and O–H groups in total. The van der Waals surface area contributed by atoms with E-state index < -0.39 is 15.3 Å². The summed E-state index contributed by atoms with van der Waals surface area (Å²) in [6.07, 6.45) is 3.15. The van der Waals surface area contributed by atoms with Crippen LogP contribution in [0, 0.1) is 5.92 Å². The van der Waals surface area contributed by atoms with E-state index in [1.54, 1.807) is 6.92 Å². The van der Waals surface area contributed by atoms with E-state index in [9.17, 15) is 8.42 Å². The average molecular weight is 264 g/mol. The Balaban J connectivity index is 2.69. The van der Waals surface area contributed by atoms with Gasteiger partial charge in [0.1, 0.15) is 5.25 Å². The zero-order valence-electron chi connectivity index (χ0n) is 9.85. The van der Waals surface area contributed by atoms with Crippen molar-refractivity contribution in [1.29, 1.82) is 0 Å². The van der Waals surface area contributed by atoms with E-state index in [1.165, 1.54) is 4.31 Å². The third kappa shape index (κ3) is 2.93. The van der Waals surface area contributed by atoms with Gasteiger partial charge in [0.2, 0.25) is 10.0 Å². The van der Waals surface area contributed by atoms with E-state index in [0.717, 1.165) is 19.3 Å². The summed E-state index contributed by atoms with van der Waals surface area (Å²) >= 11 is 4.75. The molecule has 0 aromatic heterocycles. The fourth-order valence-electron chi connectivity index (χ4n) is 2.04. The maximum absolute atomic E-state index is 12.1. The van der Waals surface area contributed by atoms with Gasteiger partial charge in [-0.15, -0.1) is 0 Å². The molecule has 1 aliphatic rings. The van der Waals surface area contributed by atoms with Crippen LogP contribution in [0.1, 0.15) is 33.1 Å². The van der Waals surface area contributed by atoms with Crippen LogP contribution >= 0.6 is 12.2 Å². The molecule has 1 fully saturated rings.